The summed E-state index contributed by atoms with van der Waals surface area (Å²) in [6, 6.07) is 15.7. The van der Waals surface area contributed by atoms with Gasteiger partial charge in [0.25, 0.3) is 0 Å². The number of rotatable bonds is 7. The molecular formula is C18H21NO3. The zero-order chi connectivity index (χ0) is 15.9. The second kappa shape index (κ2) is 7.50. The van der Waals surface area contributed by atoms with Crippen molar-refractivity contribution >= 4 is 11.7 Å². The molecule has 116 valence electrons. The molecule has 2 aromatic carbocycles. The van der Waals surface area contributed by atoms with E-state index >= 15 is 0 Å². The molecule has 0 radical (unpaired) electrons. The molecule has 4 heteroatoms. The summed E-state index contributed by atoms with van der Waals surface area (Å²) in [6.07, 6.45) is 0.0632. The van der Waals surface area contributed by atoms with Gasteiger partial charge >= 0.3 is 5.97 Å². The van der Waals surface area contributed by atoms with Gasteiger partial charge in [-0.3, -0.25) is 4.79 Å². The first kappa shape index (κ1) is 15.9. The van der Waals surface area contributed by atoms with E-state index in [0.717, 1.165) is 35.7 Å². The summed E-state index contributed by atoms with van der Waals surface area (Å²) < 4.78 is 5.27. The van der Waals surface area contributed by atoms with Crippen LogP contribution in [0.3, 0.4) is 0 Å². The van der Waals surface area contributed by atoms with Gasteiger partial charge in [-0.25, -0.2) is 0 Å². The Kier molecular flexibility index (Phi) is 5.42. The Morgan fingerprint density at radius 1 is 1.14 bits per heavy atom. The van der Waals surface area contributed by atoms with Crippen LogP contribution < -0.4 is 9.64 Å². The normalized spacial score (nSPS) is 10.3. The summed E-state index contributed by atoms with van der Waals surface area (Å²) in [7, 11) is 1.66. The smallest absolute Gasteiger partial charge is 0.307 e. The zero-order valence-corrected chi connectivity index (χ0v) is 13.0. The van der Waals surface area contributed by atoms with Crippen LogP contribution in [-0.2, 0) is 17.8 Å². The van der Waals surface area contributed by atoms with Crippen LogP contribution in [-0.4, -0.2) is 24.7 Å². The van der Waals surface area contributed by atoms with Crippen LogP contribution in [0.15, 0.2) is 48.5 Å². The number of ether oxygens (including phenoxy) is 1. The average Bonchev–Trinajstić information content (AvgIpc) is 2.53. The Morgan fingerprint density at radius 2 is 1.82 bits per heavy atom. The number of nitrogens with zero attached hydrogens (tertiary/aromatic N) is 1. The van der Waals surface area contributed by atoms with Gasteiger partial charge in [0.15, 0.2) is 0 Å². The van der Waals surface area contributed by atoms with E-state index in [-0.39, 0.29) is 6.42 Å². The SMILES string of the molecule is CCN(Cc1ccc(CC(=O)O)cc1)c1cccc(OC)c1. The molecule has 0 amide bonds. The summed E-state index contributed by atoms with van der Waals surface area (Å²) in [5, 5.41) is 8.80. The molecule has 0 saturated heterocycles. The molecule has 2 aromatic rings. The minimum absolute atomic E-state index is 0.0632. The number of carbonyl (C=O) groups is 1. The summed E-state index contributed by atoms with van der Waals surface area (Å²) in [4.78, 5) is 12.9. The Morgan fingerprint density at radius 3 is 2.41 bits per heavy atom. The van der Waals surface area contributed by atoms with Gasteiger partial charge in [-0.1, -0.05) is 30.3 Å². The second-order valence-electron chi connectivity index (χ2n) is 5.10. The van der Waals surface area contributed by atoms with Gasteiger partial charge in [-0.2, -0.15) is 0 Å². The van der Waals surface area contributed by atoms with Crippen LogP contribution in [0.5, 0.6) is 5.75 Å². The third kappa shape index (κ3) is 4.25. The average molecular weight is 299 g/mol. The van der Waals surface area contributed by atoms with Gasteiger partial charge in [-0.05, 0) is 30.2 Å². The number of hydrogen-bond acceptors (Lipinski definition) is 3. The third-order valence-corrected chi connectivity index (χ3v) is 3.55. The lowest BCUT2D eigenvalue weighted by Gasteiger charge is -2.23. The van der Waals surface area contributed by atoms with Gasteiger partial charge in [0.05, 0.1) is 13.5 Å². The lowest BCUT2D eigenvalue weighted by molar-refractivity contribution is -0.136. The predicted octanol–water partition coefficient (Wildman–Crippen LogP) is 3.35. The van der Waals surface area contributed by atoms with Gasteiger partial charge in [0.2, 0.25) is 0 Å². The Balaban J connectivity index is 2.10. The van der Waals surface area contributed by atoms with Crippen molar-refractivity contribution in [1.82, 2.24) is 0 Å². The first-order valence-electron chi connectivity index (χ1n) is 7.31. The summed E-state index contributed by atoms with van der Waals surface area (Å²) >= 11 is 0. The standard InChI is InChI=1S/C18H21NO3/c1-3-19(16-5-4-6-17(12-16)22-2)13-15-9-7-14(8-10-15)11-18(20)21/h4-10,12H,3,11,13H2,1-2H3,(H,20,21). The lowest BCUT2D eigenvalue weighted by atomic mass is 10.1. The molecule has 0 bridgehead atoms. The third-order valence-electron chi connectivity index (χ3n) is 3.55. The highest BCUT2D eigenvalue weighted by Crippen LogP contribution is 2.22. The van der Waals surface area contributed by atoms with E-state index in [1.165, 1.54) is 0 Å². The van der Waals surface area contributed by atoms with Crippen molar-refractivity contribution in [3.63, 3.8) is 0 Å². The van der Waals surface area contributed by atoms with E-state index in [4.69, 9.17) is 9.84 Å². The minimum Gasteiger partial charge on any atom is -0.497 e. The highest BCUT2D eigenvalue weighted by molar-refractivity contribution is 5.70. The molecule has 0 spiro atoms. The molecule has 1 N–H and O–H groups in total. The number of carboxylic acid groups (broad SMARTS) is 1. The fourth-order valence-electron chi connectivity index (χ4n) is 2.35. The molecule has 0 heterocycles. The number of hydrogen-bond donors (Lipinski definition) is 1. The van der Waals surface area contributed by atoms with E-state index in [1.54, 1.807) is 7.11 Å². The molecule has 0 atom stereocenters. The molecule has 0 saturated carbocycles. The number of benzene rings is 2. The van der Waals surface area contributed by atoms with Crippen molar-refractivity contribution in [3.8, 4) is 5.75 Å². The zero-order valence-electron chi connectivity index (χ0n) is 13.0. The van der Waals surface area contributed by atoms with Gasteiger partial charge < -0.3 is 14.7 Å². The maximum Gasteiger partial charge on any atom is 0.307 e. The maximum absolute atomic E-state index is 10.7. The van der Waals surface area contributed by atoms with Crippen molar-refractivity contribution < 1.29 is 14.6 Å². The lowest BCUT2D eigenvalue weighted by Crippen LogP contribution is -2.21. The molecule has 0 aromatic heterocycles. The van der Waals surface area contributed by atoms with Crippen LogP contribution in [0.1, 0.15) is 18.1 Å². The summed E-state index contributed by atoms with van der Waals surface area (Å²) in [6.45, 7) is 3.76. The number of methoxy groups -OCH3 is 1. The van der Waals surface area contributed by atoms with Crippen LogP contribution in [0, 0.1) is 0 Å². The van der Waals surface area contributed by atoms with Gasteiger partial charge in [-0.15, -0.1) is 0 Å². The first-order valence-corrected chi connectivity index (χ1v) is 7.31. The van der Waals surface area contributed by atoms with Crippen molar-refractivity contribution in [3.05, 3.63) is 59.7 Å². The summed E-state index contributed by atoms with van der Waals surface area (Å²) in [5.74, 6) is 0.0343. The van der Waals surface area contributed by atoms with Crippen molar-refractivity contribution in [2.75, 3.05) is 18.6 Å². The fraction of sp³-hybridized carbons (Fsp3) is 0.278. The second-order valence-corrected chi connectivity index (χ2v) is 5.10. The van der Waals surface area contributed by atoms with E-state index in [1.807, 2.05) is 42.5 Å². The number of aliphatic carboxylic acids is 1. The molecular weight excluding hydrogens is 278 g/mol. The number of anilines is 1. The van der Waals surface area contributed by atoms with E-state index in [9.17, 15) is 4.79 Å². The first-order chi connectivity index (χ1) is 10.6. The Labute approximate surface area is 131 Å². The highest BCUT2D eigenvalue weighted by atomic mass is 16.5. The highest BCUT2D eigenvalue weighted by Gasteiger charge is 2.07. The Hall–Kier alpha value is -2.49. The molecule has 4 nitrogen and oxygen atoms in total. The molecule has 0 aliphatic rings. The Bertz CT molecular complexity index is 622. The van der Waals surface area contributed by atoms with Crippen molar-refractivity contribution in [2.45, 2.75) is 19.9 Å². The molecule has 2 rings (SSSR count). The van der Waals surface area contributed by atoms with Gasteiger partial charge in [0, 0.05) is 24.8 Å². The van der Waals surface area contributed by atoms with Crippen LogP contribution >= 0.6 is 0 Å². The van der Waals surface area contributed by atoms with Crippen molar-refractivity contribution in [2.24, 2.45) is 0 Å². The molecule has 0 aliphatic carbocycles. The van der Waals surface area contributed by atoms with Gasteiger partial charge in [0.1, 0.15) is 5.75 Å². The molecule has 0 unspecified atom stereocenters. The van der Waals surface area contributed by atoms with Crippen LogP contribution in [0.4, 0.5) is 5.69 Å². The molecule has 0 aliphatic heterocycles. The molecule has 22 heavy (non-hydrogen) atoms. The quantitative estimate of drug-likeness (QED) is 0.852. The van der Waals surface area contributed by atoms with E-state index in [2.05, 4.69) is 17.9 Å². The summed E-state index contributed by atoms with van der Waals surface area (Å²) in [5.41, 5.74) is 3.08. The predicted molar refractivity (Wildman–Crippen MR) is 87.5 cm³/mol. The maximum atomic E-state index is 10.7. The number of carboxylic acids is 1. The largest absolute Gasteiger partial charge is 0.497 e. The monoisotopic (exact) mass is 299 g/mol. The fourth-order valence-corrected chi connectivity index (χ4v) is 2.35. The van der Waals surface area contributed by atoms with Crippen LogP contribution in [0.2, 0.25) is 0 Å². The van der Waals surface area contributed by atoms with E-state index in [0.29, 0.717) is 0 Å². The van der Waals surface area contributed by atoms with Crippen molar-refractivity contribution in [1.29, 1.82) is 0 Å². The minimum atomic E-state index is -0.806. The topological polar surface area (TPSA) is 49.8 Å². The van der Waals surface area contributed by atoms with E-state index < -0.39 is 5.97 Å². The molecule has 0 fully saturated rings. The van der Waals surface area contributed by atoms with Crippen LogP contribution in [0.25, 0.3) is 0 Å².